The van der Waals surface area contributed by atoms with Gasteiger partial charge in [-0.15, -0.1) is 11.3 Å². The van der Waals surface area contributed by atoms with Crippen LogP contribution in [0.2, 0.25) is 0 Å². The lowest BCUT2D eigenvalue weighted by Crippen LogP contribution is -2.43. The van der Waals surface area contributed by atoms with Gasteiger partial charge in [-0.25, -0.2) is 0 Å². The van der Waals surface area contributed by atoms with E-state index >= 15 is 0 Å². The van der Waals surface area contributed by atoms with Gasteiger partial charge in [0.2, 0.25) is 0 Å². The summed E-state index contributed by atoms with van der Waals surface area (Å²) in [6, 6.07) is 0. The van der Waals surface area contributed by atoms with Crippen LogP contribution in [0.15, 0.2) is 5.38 Å². The molecular weight excluding hydrogens is 250 g/mol. The highest BCUT2D eigenvalue weighted by Gasteiger charge is 2.23. The predicted molar refractivity (Wildman–Crippen MR) is 71.0 cm³/mol. The molecule has 0 aromatic carbocycles. The molecule has 0 radical (unpaired) electrons. The normalized spacial score (nSPS) is 17.9. The van der Waals surface area contributed by atoms with Crippen molar-refractivity contribution in [3.8, 4) is 0 Å². The van der Waals surface area contributed by atoms with E-state index in [0.29, 0.717) is 0 Å². The average molecular weight is 269 g/mol. The zero-order valence-corrected chi connectivity index (χ0v) is 11.3. The Morgan fingerprint density at radius 1 is 1.50 bits per heavy atom. The number of nitrogens with one attached hydrogen (secondary N) is 1. The molecule has 0 spiro atoms. The van der Waals surface area contributed by atoms with Crippen LogP contribution in [0.4, 0.5) is 0 Å². The van der Waals surface area contributed by atoms with E-state index in [1.165, 1.54) is 23.8 Å². The van der Waals surface area contributed by atoms with E-state index in [2.05, 4.69) is 5.32 Å². The molecule has 5 heteroatoms. The molecule has 1 aromatic heterocycles. The molecular formula is C13H19NO3S. The number of aryl methyl sites for hydroxylation is 1. The lowest BCUT2D eigenvalue weighted by atomic mass is 9.95. The van der Waals surface area contributed by atoms with Crippen LogP contribution in [-0.2, 0) is 12.8 Å². The van der Waals surface area contributed by atoms with Crippen LogP contribution >= 0.6 is 11.3 Å². The van der Waals surface area contributed by atoms with E-state index in [1.54, 1.807) is 11.3 Å². The maximum atomic E-state index is 12.0. The van der Waals surface area contributed by atoms with Crippen LogP contribution in [0.25, 0.3) is 0 Å². The number of carbonyl (C=O) groups excluding carboxylic acids is 1. The number of hydrogen-bond donors (Lipinski definition) is 3. The highest BCUT2D eigenvalue weighted by Crippen LogP contribution is 2.30. The second-order valence-electron chi connectivity index (χ2n) is 5.10. The van der Waals surface area contributed by atoms with Gasteiger partial charge >= 0.3 is 0 Å². The van der Waals surface area contributed by atoms with Gasteiger partial charge in [0.15, 0.2) is 0 Å². The Hall–Kier alpha value is -0.910. The second kappa shape index (κ2) is 5.38. The van der Waals surface area contributed by atoms with Crippen molar-refractivity contribution >= 4 is 17.2 Å². The van der Waals surface area contributed by atoms with E-state index < -0.39 is 5.60 Å². The number of fused-ring (bicyclic) bond motifs is 1. The first kappa shape index (κ1) is 13.5. The summed E-state index contributed by atoms with van der Waals surface area (Å²) in [5.74, 6) is -0.150. The average Bonchev–Trinajstić information content (AvgIpc) is 2.80. The minimum absolute atomic E-state index is 0.0625. The molecule has 2 rings (SSSR count). The third kappa shape index (κ3) is 2.91. The first-order valence-corrected chi connectivity index (χ1v) is 7.12. The van der Waals surface area contributed by atoms with Crippen molar-refractivity contribution in [2.75, 3.05) is 13.2 Å². The molecule has 3 N–H and O–H groups in total. The number of amides is 1. The van der Waals surface area contributed by atoms with Crippen LogP contribution in [0, 0.1) is 0 Å². The van der Waals surface area contributed by atoms with Crippen molar-refractivity contribution in [1.29, 1.82) is 0 Å². The summed E-state index contributed by atoms with van der Waals surface area (Å²) < 4.78 is 0. The number of aliphatic hydroxyl groups excluding tert-OH is 1. The summed E-state index contributed by atoms with van der Waals surface area (Å²) in [5.41, 5.74) is 0.655. The fourth-order valence-corrected chi connectivity index (χ4v) is 3.23. The Kier molecular flexibility index (Phi) is 4.04. The van der Waals surface area contributed by atoms with Crippen LogP contribution < -0.4 is 5.32 Å². The molecule has 0 aliphatic heterocycles. The van der Waals surface area contributed by atoms with Crippen LogP contribution in [0.5, 0.6) is 0 Å². The summed E-state index contributed by atoms with van der Waals surface area (Å²) in [7, 11) is 0. The fourth-order valence-electron chi connectivity index (χ4n) is 2.11. The number of carbonyl (C=O) groups is 1. The zero-order valence-electron chi connectivity index (χ0n) is 10.5. The van der Waals surface area contributed by atoms with Crippen LogP contribution in [0.3, 0.4) is 0 Å². The molecule has 100 valence electrons. The monoisotopic (exact) mass is 269 g/mol. The fraction of sp³-hybridized carbons (Fsp3) is 0.615. The number of hydrogen-bond acceptors (Lipinski definition) is 4. The van der Waals surface area contributed by atoms with Crippen molar-refractivity contribution in [3.63, 3.8) is 0 Å². The van der Waals surface area contributed by atoms with Crippen molar-refractivity contribution < 1.29 is 15.0 Å². The highest BCUT2D eigenvalue weighted by atomic mass is 32.1. The Labute approximate surface area is 111 Å². The lowest BCUT2D eigenvalue weighted by Gasteiger charge is -2.21. The van der Waals surface area contributed by atoms with Gasteiger partial charge in [0.05, 0.1) is 12.2 Å². The highest BCUT2D eigenvalue weighted by molar-refractivity contribution is 7.10. The summed E-state index contributed by atoms with van der Waals surface area (Å²) in [5, 5.41) is 23.2. The molecule has 0 bridgehead atoms. The van der Waals surface area contributed by atoms with E-state index in [0.717, 1.165) is 24.8 Å². The molecule has 0 fully saturated rings. The van der Waals surface area contributed by atoms with Gasteiger partial charge in [-0.1, -0.05) is 0 Å². The maximum absolute atomic E-state index is 12.0. The van der Waals surface area contributed by atoms with E-state index in [9.17, 15) is 9.90 Å². The van der Waals surface area contributed by atoms with Gasteiger partial charge in [-0.05, 0) is 38.2 Å². The quantitative estimate of drug-likeness (QED) is 0.766. The largest absolute Gasteiger partial charge is 0.393 e. The molecule has 1 heterocycles. The number of thiophene rings is 1. The van der Waals surface area contributed by atoms with Gasteiger partial charge in [0.25, 0.3) is 5.91 Å². The van der Waals surface area contributed by atoms with E-state index in [-0.39, 0.29) is 19.1 Å². The van der Waals surface area contributed by atoms with Crippen molar-refractivity contribution in [2.45, 2.75) is 38.2 Å². The van der Waals surface area contributed by atoms with E-state index in [4.69, 9.17) is 5.11 Å². The Balaban J connectivity index is 2.03. The van der Waals surface area contributed by atoms with Crippen molar-refractivity contribution in [1.82, 2.24) is 5.32 Å². The molecule has 1 aliphatic rings. The van der Waals surface area contributed by atoms with Crippen molar-refractivity contribution in [3.05, 3.63) is 21.4 Å². The van der Waals surface area contributed by atoms with Gasteiger partial charge in [0.1, 0.15) is 5.60 Å². The first-order chi connectivity index (χ1) is 8.53. The van der Waals surface area contributed by atoms with Gasteiger partial charge < -0.3 is 15.5 Å². The standard InChI is InChI=1S/C13H19NO3S/c1-13(17,8-15)7-14-12(16)10-6-18-11-5-3-2-4-9(10)11/h6,15,17H,2-5,7-8H2,1H3,(H,14,16). The zero-order chi connectivity index (χ0) is 13.2. The molecule has 1 aliphatic carbocycles. The molecule has 1 atom stereocenters. The predicted octanol–water partition coefficient (Wildman–Crippen LogP) is 1.10. The van der Waals surface area contributed by atoms with Gasteiger partial charge in [0, 0.05) is 16.8 Å². The minimum atomic E-state index is -1.26. The summed E-state index contributed by atoms with van der Waals surface area (Å²) in [6.45, 7) is 1.19. The van der Waals surface area contributed by atoms with Gasteiger partial charge in [-0.3, -0.25) is 4.79 Å². The molecule has 0 saturated carbocycles. The molecule has 1 unspecified atom stereocenters. The topological polar surface area (TPSA) is 69.6 Å². The minimum Gasteiger partial charge on any atom is -0.393 e. The van der Waals surface area contributed by atoms with Gasteiger partial charge in [-0.2, -0.15) is 0 Å². The second-order valence-corrected chi connectivity index (χ2v) is 6.06. The molecule has 0 saturated heterocycles. The Morgan fingerprint density at radius 3 is 2.94 bits per heavy atom. The Morgan fingerprint density at radius 2 is 2.22 bits per heavy atom. The number of aliphatic hydroxyl groups is 2. The third-order valence-corrected chi connectivity index (χ3v) is 4.36. The summed E-state index contributed by atoms with van der Waals surface area (Å²) >= 11 is 1.65. The SMILES string of the molecule is CC(O)(CO)CNC(=O)c1csc2c1CCCC2. The molecule has 1 amide bonds. The molecule has 1 aromatic rings. The van der Waals surface area contributed by atoms with E-state index in [1.807, 2.05) is 5.38 Å². The number of rotatable bonds is 4. The lowest BCUT2D eigenvalue weighted by molar-refractivity contribution is 0.00319. The smallest absolute Gasteiger partial charge is 0.252 e. The first-order valence-electron chi connectivity index (χ1n) is 6.24. The summed E-state index contributed by atoms with van der Waals surface area (Å²) in [6.07, 6.45) is 4.38. The van der Waals surface area contributed by atoms with Crippen LogP contribution in [0.1, 0.15) is 40.6 Å². The molecule has 18 heavy (non-hydrogen) atoms. The van der Waals surface area contributed by atoms with Crippen LogP contribution in [-0.4, -0.2) is 34.9 Å². The molecule has 4 nitrogen and oxygen atoms in total. The third-order valence-electron chi connectivity index (χ3n) is 3.28. The summed E-state index contributed by atoms with van der Waals surface area (Å²) in [4.78, 5) is 13.4. The van der Waals surface area contributed by atoms with Crippen molar-refractivity contribution in [2.24, 2.45) is 0 Å². The Bertz CT molecular complexity index is 439. The maximum Gasteiger partial charge on any atom is 0.252 e.